The molecule has 9 heteroatoms. The van der Waals surface area contributed by atoms with Crippen LogP contribution in [-0.4, -0.2) is 35.9 Å². The molecular weight excluding hydrogens is 394 g/mol. The van der Waals surface area contributed by atoms with E-state index in [2.05, 4.69) is 4.72 Å². The number of anilines is 1. The van der Waals surface area contributed by atoms with Crippen molar-refractivity contribution in [2.24, 2.45) is 0 Å². The second-order valence-electron chi connectivity index (χ2n) is 5.27. The first-order chi connectivity index (χ1) is 12.9. The minimum absolute atomic E-state index is 0.0170. The second-order valence-corrected chi connectivity index (χ2v) is 7.36. The fourth-order valence-corrected chi connectivity index (χ4v) is 3.66. The molecule has 7 nitrogen and oxygen atoms in total. The van der Waals surface area contributed by atoms with Gasteiger partial charge in [-0.15, -0.1) is 0 Å². The van der Waals surface area contributed by atoms with E-state index < -0.39 is 10.0 Å². The van der Waals surface area contributed by atoms with Gasteiger partial charge in [-0.1, -0.05) is 11.6 Å². The van der Waals surface area contributed by atoms with Crippen molar-refractivity contribution in [3.8, 4) is 23.0 Å². The van der Waals surface area contributed by atoms with Crippen LogP contribution >= 0.6 is 11.6 Å². The van der Waals surface area contributed by atoms with Crippen molar-refractivity contribution in [1.29, 1.82) is 0 Å². The zero-order valence-electron chi connectivity index (χ0n) is 15.5. The summed E-state index contributed by atoms with van der Waals surface area (Å²) in [4.78, 5) is 0.0170. The Labute approximate surface area is 164 Å². The maximum atomic E-state index is 12.8. The van der Waals surface area contributed by atoms with Crippen LogP contribution in [0.4, 0.5) is 5.69 Å². The number of hydrogen-bond acceptors (Lipinski definition) is 6. The van der Waals surface area contributed by atoms with Crippen molar-refractivity contribution in [2.75, 3.05) is 32.2 Å². The third-order valence-corrected chi connectivity index (χ3v) is 5.20. The van der Waals surface area contributed by atoms with Crippen LogP contribution in [0.5, 0.6) is 23.0 Å². The fraction of sp³-hybridized carbons (Fsp3) is 0.333. The van der Waals surface area contributed by atoms with E-state index in [1.807, 2.05) is 6.92 Å². The van der Waals surface area contributed by atoms with E-state index >= 15 is 0 Å². The molecule has 0 amide bonds. The standard InChI is InChI=1S/C18H22ClNO6S/c1-5-25-15-8-7-12(9-18(15)26-6-2)27(21,22)20-14-10-13(19)16(23-3)11-17(14)24-4/h7-11,20H,5-6H2,1-4H3. The van der Waals surface area contributed by atoms with Crippen molar-refractivity contribution in [1.82, 2.24) is 0 Å². The van der Waals surface area contributed by atoms with Crippen LogP contribution in [0.3, 0.4) is 0 Å². The zero-order valence-corrected chi connectivity index (χ0v) is 17.1. The molecule has 0 aliphatic carbocycles. The quantitative estimate of drug-likeness (QED) is 0.667. The van der Waals surface area contributed by atoms with Crippen LogP contribution in [0.1, 0.15) is 13.8 Å². The predicted molar refractivity (Wildman–Crippen MR) is 104 cm³/mol. The molecule has 0 spiro atoms. The van der Waals surface area contributed by atoms with Crippen LogP contribution in [0.25, 0.3) is 0 Å². The van der Waals surface area contributed by atoms with Gasteiger partial charge in [0.25, 0.3) is 10.0 Å². The number of ether oxygens (including phenoxy) is 4. The fourth-order valence-electron chi connectivity index (χ4n) is 2.34. The highest BCUT2D eigenvalue weighted by Crippen LogP contribution is 2.37. The molecule has 1 N–H and O–H groups in total. The Morgan fingerprint density at radius 1 is 0.889 bits per heavy atom. The molecule has 0 saturated carbocycles. The minimum Gasteiger partial charge on any atom is -0.495 e. The van der Waals surface area contributed by atoms with E-state index in [4.69, 9.17) is 30.5 Å². The summed E-state index contributed by atoms with van der Waals surface area (Å²) in [5.41, 5.74) is 0.190. The topological polar surface area (TPSA) is 83.1 Å². The summed E-state index contributed by atoms with van der Waals surface area (Å²) < 4.78 is 49.4. The van der Waals surface area contributed by atoms with Crippen molar-refractivity contribution in [2.45, 2.75) is 18.7 Å². The van der Waals surface area contributed by atoms with Gasteiger partial charge in [-0.3, -0.25) is 4.72 Å². The lowest BCUT2D eigenvalue weighted by atomic mass is 10.3. The molecule has 0 saturated heterocycles. The second kappa shape index (κ2) is 9.05. The third kappa shape index (κ3) is 4.90. The van der Waals surface area contributed by atoms with Gasteiger partial charge in [0.15, 0.2) is 11.5 Å². The largest absolute Gasteiger partial charge is 0.495 e. The third-order valence-electron chi connectivity index (χ3n) is 3.54. The summed E-state index contributed by atoms with van der Waals surface area (Å²) in [6.07, 6.45) is 0. The van der Waals surface area contributed by atoms with Crippen LogP contribution in [0.15, 0.2) is 35.2 Å². The lowest BCUT2D eigenvalue weighted by molar-refractivity contribution is 0.287. The molecule has 27 heavy (non-hydrogen) atoms. The van der Waals surface area contributed by atoms with Gasteiger partial charge in [0.2, 0.25) is 0 Å². The van der Waals surface area contributed by atoms with Gasteiger partial charge >= 0.3 is 0 Å². The van der Waals surface area contributed by atoms with E-state index in [-0.39, 0.29) is 21.4 Å². The normalized spacial score (nSPS) is 11.0. The van der Waals surface area contributed by atoms with Gasteiger partial charge in [-0.25, -0.2) is 8.42 Å². The number of nitrogens with one attached hydrogen (secondary N) is 1. The summed E-state index contributed by atoms with van der Waals surface area (Å²) in [7, 11) is -1.04. The Hall–Kier alpha value is -2.32. The summed E-state index contributed by atoms with van der Waals surface area (Å²) in [6.45, 7) is 4.45. The number of hydrogen-bond donors (Lipinski definition) is 1. The molecule has 0 unspecified atom stereocenters. The van der Waals surface area contributed by atoms with E-state index in [1.54, 1.807) is 13.0 Å². The average molecular weight is 416 g/mol. The number of benzene rings is 2. The van der Waals surface area contributed by atoms with Crippen LogP contribution in [0, 0.1) is 0 Å². The molecule has 0 radical (unpaired) electrons. The summed E-state index contributed by atoms with van der Waals surface area (Å²) in [5.74, 6) is 1.47. The number of methoxy groups -OCH3 is 2. The Bertz CT molecular complexity index is 901. The highest BCUT2D eigenvalue weighted by molar-refractivity contribution is 7.92. The molecule has 0 heterocycles. The predicted octanol–water partition coefficient (Wildman–Crippen LogP) is 3.96. The van der Waals surface area contributed by atoms with Gasteiger partial charge in [-0.05, 0) is 32.0 Å². The van der Waals surface area contributed by atoms with Gasteiger partial charge in [-0.2, -0.15) is 0 Å². The van der Waals surface area contributed by atoms with Crippen molar-refractivity contribution < 1.29 is 27.4 Å². The molecule has 0 aliphatic rings. The zero-order chi connectivity index (χ0) is 20.0. The molecule has 2 aromatic carbocycles. The average Bonchev–Trinajstić information content (AvgIpc) is 2.63. The highest BCUT2D eigenvalue weighted by Gasteiger charge is 2.20. The molecule has 0 atom stereocenters. The van der Waals surface area contributed by atoms with Crippen LogP contribution < -0.4 is 23.7 Å². The van der Waals surface area contributed by atoms with E-state index in [9.17, 15) is 8.42 Å². The highest BCUT2D eigenvalue weighted by atomic mass is 35.5. The molecule has 0 bridgehead atoms. The number of rotatable bonds is 9. The van der Waals surface area contributed by atoms with Gasteiger partial charge in [0.05, 0.1) is 43.0 Å². The first-order valence-electron chi connectivity index (χ1n) is 8.20. The van der Waals surface area contributed by atoms with Gasteiger partial charge < -0.3 is 18.9 Å². The van der Waals surface area contributed by atoms with E-state index in [0.717, 1.165) is 0 Å². The first-order valence-corrected chi connectivity index (χ1v) is 10.1. The summed E-state index contributed by atoms with van der Waals surface area (Å²) in [5, 5.41) is 0.248. The Kier molecular flexibility index (Phi) is 7.04. The van der Waals surface area contributed by atoms with Crippen molar-refractivity contribution in [3.05, 3.63) is 35.4 Å². The van der Waals surface area contributed by atoms with E-state index in [0.29, 0.717) is 30.5 Å². The molecule has 2 rings (SSSR count). The van der Waals surface area contributed by atoms with Gasteiger partial charge in [0, 0.05) is 12.1 Å². The minimum atomic E-state index is -3.92. The van der Waals surface area contributed by atoms with Crippen LogP contribution in [-0.2, 0) is 10.0 Å². The maximum Gasteiger partial charge on any atom is 0.262 e. The maximum absolute atomic E-state index is 12.8. The Balaban J connectivity index is 2.42. The summed E-state index contributed by atoms with van der Waals surface area (Å²) >= 11 is 6.10. The van der Waals surface area contributed by atoms with Crippen LogP contribution in [0.2, 0.25) is 5.02 Å². The molecule has 0 aromatic heterocycles. The molecule has 2 aromatic rings. The Morgan fingerprint density at radius 2 is 1.52 bits per heavy atom. The molecule has 148 valence electrons. The monoisotopic (exact) mass is 415 g/mol. The lowest BCUT2D eigenvalue weighted by Gasteiger charge is -2.16. The summed E-state index contributed by atoms with van der Waals surface area (Å²) in [6, 6.07) is 7.34. The molecule has 0 aliphatic heterocycles. The Morgan fingerprint density at radius 3 is 2.11 bits per heavy atom. The molecular formula is C18H22ClNO6S. The van der Waals surface area contributed by atoms with E-state index in [1.165, 1.54) is 38.5 Å². The molecule has 0 fully saturated rings. The van der Waals surface area contributed by atoms with Crippen molar-refractivity contribution in [3.63, 3.8) is 0 Å². The number of halogens is 1. The van der Waals surface area contributed by atoms with Crippen molar-refractivity contribution >= 4 is 27.3 Å². The lowest BCUT2D eigenvalue weighted by Crippen LogP contribution is -2.14. The first kappa shape index (κ1) is 21.0. The number of sulfonamides is 1. The smallest absolute Gasteiger partial charge is 0.262 e. The SMILES string of the molecule is CCOc1ccc(S(=O)(=O)Nc2cc(Cl)c(OC)cc2OC)cc1OCC. The van der Waals surface area contributed by atoms with Gasteiger partial charge in [0.1, 0.15) is 11.5 Å².